The first-order chi connectivity index (χ1) is 11.1. The maximum absolute atomic E-state index is 13.6. The number of carbonyl (C=O) groups excluding carboxylic acids is 1. The molecule has 2 aromatic carbocycles. The molecule has 4 heteroatoms. The fourth-order valence-corrected chi connectivity index (χ4v) is 2.28. The van der Waals surface area contributed by atoms with Crippen molar-refractivity contribution in [3.63, 3.8) is 0 Å². The second-order valence-corrected chi connectivity index (χ2v) is 5.50. The van der Waals surface area contributed by atoms with Crippen LogP contribution in [0.2, 0.25) is 0 Å². The highest BCUT2D eigenvalue weighted by atomic mass is 19.1. The van der Waals surface area contributed by atoms with E-state index in [1.807, 2.05) is 44.2 Å². The Labute approximate surface area is 136 Å². The maximum Gasteiger partial charge on any atom is 0.261 e. The van der Waals surface area contributed by atoms with E-state index in [9.17, 15) is 9.18 Å². The van der Waals surface area contributed by atoms with Gasteiger partial charge in [-0.05, 0) is 30.0 Å². The Morgan fingerprint density at radius 2 is 1.78 bits per heavy atom. The van der Waals surface area contributed by atoms with Crippen LogP contribution in [0.1, 0.15) is 31.7 Å². The summed E-state index contributed by atoms with van der Waals surface area (Å²) in [6.07, 6.45) is -0.227. The summed E-state index contributed by atoms with van der Waals surface area (Å²) in [5, 5.41) is 2.89. The topological polar surface area (TPSA) is 38.3 Å². The Morgan fingerprint density at radius 1 is 1.13 bits per heavy atom. The van der Waals surface area contributed by atoms with Crippen molar-refractivity contribution in [2.75, 3.05) is 6.54 Å². The van der Waals surface area contributed by atoms with Crippen molar-refractivity contribution in [1.29, 1.82) is 0 Å². The van der Waals surface area contributed by atoms with E-state index in [1.165, 1.54) is 12.1 Å². The zero-order valence-corrected chi connectivity index (χ0v) is 13.5. The SMILES string of the molecule is CC[C@@H](Oc1ccccc1F)C(=O)NC[C@H](C)c1ccccc1. The molecule has 2 aromatic rings. The Hall–Kier alpha value is -2.36. The van der Waals surface area contributed by atoms with Crippen LogP contribution in [-0.2, 0) is 4.79 Å². The van der Waals surface area contributed by atoms with Gasteiger partial charge in [0, 0.05) is 6.54 Å². The van der Waals surface area contributed by atoms with E-state index in [4.69, 9.17) is 4.74 Å². The smallest absolute Gasteiger partial charge is 0.261 e. The van der Waals surface area contributed by atoms with Crippen molar-refractivity contribution in [1.82, 2.24) is 5.32 Å². The summed E-state index contributed by atoms with van der Waals surface area (Å²) < 4.78 is 19.1. The average molecular weight is 315 g/mol. The van der Waals surface area contributed by atoms with E-state index in [2.05, 4.69) is 5.32 Å². The first kappa shape index (κ1) is 17.0. The molecule has 0 aromatic heterocycles. The lowest BCUT2D eigenvalue weighted by Crippen LogP contribution is -2.39. The van der Waals surface area contributed by atoms with E-state index >= 15 is 0 Å². The number of halogens is 1. The summed E-state index contributed by atoms with van der Waals surface area (Å²) in [7, 11) is 0. The number of amides is 1. The molecule has 122 valence electrons. The third kappa shape index (κ3) is 4.81. The van der Waals surface area contributed by atoms with Gasteiger partial charge in [0.1, 0.15) is 0 Å². The number of nitrogens with one attached hydrogen (secondary N) is 1. The summed E-state index contributed by atoms with van der Waals surface area (Å²) in [5.74, 6) is -0.383. The van der Waals surface area contributed by atoms with E-state index in [0.717, 1.165) is 5.56 Å². The van der Waals surface area contributed by atoms with Gasteiger partial charge in [-0.25, -0.2) is 4.39 Å². The molecule has 0 aliphatic carbocycles. The first-order valence-corrected chi connectivity index (χ1v) is 7.85. The van der Waals surface area contributed by atoms with Gasteiger partial charge >= 0.3 is 0 Å². The molecule has 0 aliphatic heterocycles. The number of benzene rings is 2. The zero-order valence-electron chi connectivity index (χ0n) is 13.5. The molecular weight excluding hydrogens is 293 g/mol. The molecule has 0 unspecified atom stereocenters. The first-order valence-electron chi connectivity index (χ1n) is 7.85. The predicted octanol–water partition coefficient (Wildman–Crippen LogP) is 3.90. The Balaban J connectivity index is 1.91. The number of hydrogen-bond acceptors (Lipinski definition) is 2. The van der Waals surface area contributed by atoms with Gasteiger partial charge < -0.3 is 10.1 Å². The van der Waals surface area contributed by atoms with E-state index in [1.54, 1.807) is 12.1 Å². The summed E-state index contributed by atoms with van der Waals surface area (Å²) in [6.45, 7) is 4.40. The lowest BCUT2D eigenvalue weighted by Gasteiger charge is -2.19. The van der Waals surface area contributed by atoms with Gasteiger partial charge in [0.15, 0.2) is 17.7 Å². The molecule has 0 aliphatic rings. The Bertz CT molecular complexity index is 630. The molecule has 0 radical (unpaired) electrons. The van der Waals surface area contributed by atoms with Crippen molar-refractivity contribution in [2.45, 2.75) is 32.3 Å². The van der Waals surface area contributed by atoms with Crippen molar-refractivity contribution in [3.8, 4) is 5.75 Å². The molecule has 1 N–H and O–H groups in total. The second kappa shape index (κ2) is 8.32. The Morgan fingerprint density at radius 3 is 2.43 bits per heavy atom. The quantitative estimate of drug-likeness (QED) is 0.841. The number of hydrogen-bond donors (Lipinski definition) is 1. The molecule has 3 nitrogen and oxygen atoms in total. The van der Waals surface area contributed by atoms with E-state index in [-0.39, 0.29) is 17.6 Å². The standard InChI is InChI=1S/C19H22FNO2/c1-3-17(23-18-12-8-7-11-16(18)20)19(22)21-13-14(2)15-9-5-4-6-10-15/h4-12,14,17H,3,13H2,1-2H3,(H,21,22)/t14-,17+/m0/s1. The molecule has 0 saturated heterocycles. The minimum Gasteiger partial charge on any atom is -0.478 e. The number of para-hydroxylation sites is 1. The third-order valence-electron chi connectivity index (χ3n) is 3.72. The normalized spacial score (nSPS) is 13.2. The van der Waals surface area contributed by atoms with Crippen LogP contribution in [0.4, 0.5) is 4.39 Å². The predicted molar refractivity (Wildman–Crippen MR) is 89.0 cm³/mol. The largest absolute Gasteiger partial charge is 0.478 e. The van der Waals surface area contributed by atoms with Gasteiger partial charge in [0.05, 0.1) is 0 Å². The monoisotopic (exact) mass is 315 g/mol. The molecule has 23 heavy (non-hydrogen) atoms. The minimum atomic E-state index is -0.699. The highest BCUT2D eigenvalue weighted by Gasteiger charge is 2.20. The summed E-state index contributed by atoms with van der Waals surface area (Å²) >= 11 is 0. The van der Waals surface area contributed by atoms with Gasteiger partial charge in [0.2, 0.25) is 0 Å². The average Bonchev–Trinajstić information content (AvgIpc) is 2.59. The van der Waals surface area contributed by atoms with Crippen LogP contribution in [0.25, 0.3) is 0 Å². The molecule has 0 spiro atoms. The van der Waals surface area contributed by atoms with E-state index < -0.39 is 11.9 Å². The van der Waals surface area contributed by atoms with Crippen molar-refractivity contribution < 1.29 is 13.9 Å². The highest BCUT2D eigenvalue weighted by molar-refractivity contribution is 5.81. The Kier molecular flexibility index (Phi) is 6.15. The molecule has 2 atom stereocenters. The molecule has 0 fully saturated rings. The molecule has 2 rings (SSSR count). The zero-order chi connectivity index (χ0) is 16.7. The number of ether oxygens (including phenoxy) is 1. The molecule has 1 amide bonds. The summed E-state index contributed by atoms with van der Waals surface area (Å²) in [6, 6.07) is 16.1. The van der Waals surface area contributed by atoms with Crippen LogP contribution >= 0.6 is 0 Å². The van der Waals surface area contributed by atoms with Crippen LogP contribution in [0.3, 0.4) is 0 Å². The molecule has 0 saturated carbocycles. The molecular formula is C19H22FNO2. The van der Waals surface area contributed by atoms with E-state index in [0.29, 0.717) is 13.0 Å². The van der Waals surface area contributed by atoms with Crippen molar-refractivity contribution in [2.24, 2.45) is 0 Å². The third-order valence-corrected chi connectivity index (χ3v) is 3.72. The number of carbonyl (C=O) groups is 1. The lowest BCUT2D eigenvalue weighted by atomic mass is 10.0. The van der Waals surface area contributed by atoms with Gasteiger partial charge in [-0.1, -0.05) is 56.3 Å². The molecule has 0 bridgehead atoms. The molecule has 0 heterocycles. The fraction of sp³-hybridized carbons (Fsp3) is 0.316. The van der Waals surface area contributed by atoms with Gasteiger partial charge in [-0.2, -0.15) is 0 Å². The van der Waals surface area contributed by atoms with Gasteiger partial charge in [-0.3, -0.25) is 4.79 Å². The van der Waals surface area contributed by atoms with Crippen LogP contribution in [0, 0.1) is 5.82 Å². The maximum atomic E-state index is 13.6. The van der Waals surface area contributed by atoms with Crippen molar-refractivity contribution >= 4 is 5.91 Å². The van der Waals surface area contributed by atoms with Gasteiger partial charge in [-0.15, -0.1) is 0 Å². The van der Waals surface area contributed by atoms with Gasteiger partial charge in [0.25, 0.3) is 5.91 Å². The van der Waals surface area contributed by atoms with Crippen LogP contribution in [0.15, 0.2) is 54.6 Å². The van der Waals surface area contributed by atoms with Crippen LogP contribution in [0.5, 0.6) is 5.75 Å². The fourth-order valence-electron chi connectivity index (χ4n) is 2.28. The van der Waals surface area contributed by atoms with Crippen LogP contribution < -0.4 is 10.1 Å². The summed E-state index contributed by atoms with van der Waals surface area (Å²) in [5.41, 5.74) is 1.16. The lowest BCUT2D eigenvalue weighted by molar-refractivity contribution is -0.128. The summed E-state index contributed by atoms with van der Waals surface area (Å²) in [4.78, 5) is 12.3. The highest BCUT2D eigenvalue weighted by Crippen LogP contribution is 2.18. The van der Waals surface area contributed by atoms with Crippen molar-refractivity contribution in [3.05, 3.63) is 66.0 Å². The van der Waals surface area contributed by atoms with Crippen LogP contribution in [-0.4, -0.2) is 18.6 Å². The minimum absolute atomic E-state index is 0.102. The number of rotatable bonds is 7. The second-order valence-electron chi connectivity index (χ2n) is 5.50.